The van der Waals surface area contributed by atoms with E-state index in [2.05, 4.69) is 185 Å². The van der Waals surface area contributed by atoms with E-state index in [1.807, 2.05) is 6.20 Å². The Bertz CT molecular complexity index is 3060. The standard InChI is InChI=1S/C53H37N3/c1-32-28-33(2)51(54-31-32)37-24-22-36(23-25-37)40-17-11-21-47-50(40)44-16-7-9-20-46(44)53(47)45-19-8-6-15-41(45)42-27-26-38(30-48(42)53)52-55-34(3)29-49(56-52)43-18-10-13-35-12-4-5-14-39(35)43/h4-31H,1-3H3. The fraction of sp³-hybridized carbons (Fsp3) is 0.0755. The van der Waals surface area contributed by atoms with Crippen molar-refractivity contribution >= 4 is 10.8 Å². The summed E-state index contributed by atoms with van der Waals surface area (Å²) in [6.45, 7) is 6.30. The van der Waals surface area contributed by atoms with Crippen LogP contribution in [0.3, 0.4) is 0 Å². The molecule has 3 nitrogen and oxygen atoms in total. The Kier molecular flexibility index (Phi) is 7.11. The third-order valence-corrected chi connectivity index (χ3v) is 12.0. The molecule has 1 unspecified atom stereocenters. The van der Waals surface area contributed by atoms with E-state index in [0.29, 0.717) is 0 Å². The minimum atomic E-state index is -0.505. The first kappa shape index (κ1) is 32.5. The van der Waals surface area contributed by atoms with Gasteiger partial charge in [0.1, 0.15) is 0 Å². The molecule has 2 aromatic heterocycles. The molecule has 7 aromatic carbocycles. The Morgan fingerprint density at radius 1 is 0.446 bits per heavy atom. The van der Waals surface area contributed by atoms with E-state index in [1.54, 1.807) is 0 Å². The van der Waals surface area contributed by atoms with Crippen molar-refractivity contribution in [1.29, 1.82) is 0 Å². The predicted octanol–water partition coefficient (Wildman–Crippen LogP) is 13.0. The summed E-state index contributed by atoms with van der Waals surface area (Å²) in [6.07, 6.45) is 1.95. The molecule has 0 radical (unpaired) electrons. The van der Waals surface area contributed by atoms with Gasteiger partial charge >= 0.3 is 0 Å². The number of aromatic nitrogens is 3. The molecule has 3 heteroatoms. The molecule has 2 aliphatic carbocycles. The third kappa shape index (κ3) is 4.67. The summed E-state index contributed by atoms with van der Waals surface area (Å²) in [6, 6.07) is 60.0. The predicted molar refractivity (Wildman–Crippen MR) is 230 cm³/mol. The van der Waals surface area contributed by atoms with Crippen molar-refractivity contribution in [3.05, 3.63) is 209 Å². The highest BCUT2D eigenvalue weighted by Gasteiger charge is 2.52. The molecule has 2 aliphatic rings. The Balaban J connectivity index is 1.11. The van der Waals surface area contributed by atoms with Crippen molar-refractivity contribution in [1.82, 2.24) is 15.0 Å². The minimum absolute atomic E-state index is 0.505. The molecule has 1 spiro atoms. The molecular weight excluding hydrogens is 679 g/mol. The maximum absolute atomic E-state index is 5.28. The van der Waals surface area contributed by atoms with E-state index in [0.717, 1.165) is 39.6 Å². The van der Waals surface area contributed by atoms with E-state index in [4.69, 9.17) is 15.0 Å². The first-order valence-corrected chi connectivity index (χ1v) is 19.3. The van der Waals surface area contributed by atoms with Crippen LogP contribution in [0.15, 0.2) is 170 Å². The average molecular weight is 716 g/mol. The molecule has 56 heavy (non-hydrogen) atoms. The summed E-state index contributed by atoms with van der Waals surface area (Å²) in [5.41, 5.74) is 20.7. The van der Waals surface area contributed by atoms with Crippen molar-refractivity contribution < 1.29 is 0 Å². The molecule has 1 atom stereocenters. The summed E-state index contributed by atoms with van der Waals surface area (Å²) in [4.78, 5) is 15.1. The molecule has 11 rings (SSSR count). The first-order valence-electron chi connectivity index (χ1n) is 19.3. The van der Waals surface area contributed by atoms with E-state index in [-0.39, 0.29) is 0 Å². The zero-order chi connectivity index (χ0) is 37.5. The van der Waals surface area contributed by atoms with Crippen molar-refractivity contribution in [3.8, 4) is 67.3 Å². The molecule has 0 amide bonds. The van der Waals surface area contributed by atoms with Crippen LogP contribution in [-0.2, 0) is 5.41 Å². The van der Waals surface area contributed by atoms with Crippen molar-refractivity contribution in [2.45, 2.75) is 26.2 Å². The van der Waals surface area contributed by atoms with E-state index in [1.165, 1.54) is 77.5 Å². The number of rotatable bonds is 4. The molecule has 0 saturated carbocycles. The van der Waals surface area contributed by atoms with Crippen LogP contribution in [0.5, 0.6) is 0 Å². The number of fused-ring (bicyclic) bond motifs is 11. The average Bonchev–Trinajstić information content (AvgIpc) is 3.70. The summed E-state index contributed by atoms with van der Waals surface area (Å²) in [7, 11) is 0. The molecule has 0 N–H and O–H groups in total. The largest absolute Gasteiger partial charge is 0.256 e. The highest BCUT2D eigenvalue weighted by atomic mass is 14.9. The zero-order valence-electron chi connectivity index (χ0n) is 31.5. The van der Waals surface area contributed by atoms with Gasteiger partial charge in [-0.15, -0.1) is 0 Å². The first-order chi connectivity index (χ1) is 27.5. The molecular formula is C53H37N3. The lowest BCUT2D eigenvalue weighted by Crippen LogP contribution is -2.26. The molecule has 0 aliphatic heterocycles. The van der Waals surface area contributed by atoms with Gasteiger partial charge < -0.3 is 0 Å². The smallest absolute Gasteiger partial charge is 0.160 e. The highest BCUT2D eigenvalue weighted by Crippen LogP contribution is 2.64. The summed E-state index contributed by atoms with van der Waals surface area (Å²) >= 11 is 0. The molecule has 0 bridgehead atoms. The van der Waals surface area contributed by atoms with Gasteiger partial charge in [0.2, 0.25) is 0 Å². The zero-order valence-corrected chi connectivity index (χ0v) is 31.5. The lowest BCUT2D eigenvalue weighted by molar-refractivity contribution is 0.794. The maximum atomic E-state index is 5.28. The summed E-state index contributed by atoms with van der Waals surface area (Å²) in [5.74, 6) is 0.737. The summed E-state index contributed by atoms with van der Waals surface area (Å²) in [5, 5.41) is 2.39. The topological polar surface area (TPSA) is 38.7 Å². The number of nitrogens with zero attached hydrogens (tertiary/aromatic N) is 3. The fourth-order valence-corrected chi connectivity index (χ4v) is 9.68. The quantitative estimate of drug-likeness (QED) is 0.182. The normalized spacial score (nSPS) is 14.8. The van der Waals surface area contributed by atoms with Crippen LogP contribution < -0.4 is 0 Å². The maximum Gasteiger partial charge on any atom is 0.160 e. The second-order valence-electron chi connectivity index (χ2n) is 15.3. The second kappa shape index (κ2) is 12.3. The molecule has 0 fully saturated rings. The van der Waals surface area contributed by atoms with Crippen molar-refractivity contribution in [2.24, 2.45) is 0 Å². The van der Waals surface area contributed by atoms with Gasteiger partial charge in [0.15, 0.2) is 5.82 Å². The molecule has 2 heterocycles. The number of aryl methyl sites for hydroxylation is 3. The highest BCUT2D eigenvalue weighted by molar-refractivity contribution is 6.01. The molecule has 0 saturated heterocycles. The minimum Gasteiger partial charge on any atom is -0.256 e. The van der Waals surface area contributed by atoms with Gasteiger partial charge in [0.05, 0.1) is 16.8 Å². The van der Waals surface area contributed by atoms with E-state index >= 15 is 0 Å². The van der Waals surface area contributed by atoms with Crippen molar-refractivity contribution in [3.63, 3.8) is 0 Å². The van der Waals surface area contributed by atoms with Crippen molar-refractivity contribution in [2.75, 3.05) is 0 Å². The van der Waals surface area contributed by atoms with Crippen LogP contribution in [-0.4, -0.2) is 15.0 Å². The van der Waals surface area contributed by atoms with Gasteiger partial charge in [0.25, 0.3) is 0 Å². The van der Waals surface area contributed by atoms with Crippen LogP contribution in [0, 0.1) is 20.8 Å². The Labute approximate surface area is 327 Å². The SMILES string of the molecule is Cc1cnc(-c2ccc(-c3cccc4c3-c3ccccc3C43c4ccccc4-c4ccc(-c5nc(C)cc(-c6cccc7ccccc67)n5)cc43)cc2)c(C)c1. The van der Waals surface area contributed by atoms with Gasteiger partial charge in [-0.3, -0.25) is 4.98 Å². The lowest BCUT2D eigenvalue weighted by atomic mass is 9.70. The van der Waals surface area contributed by atoms with Gasteiger partial charge in [-0.2, -0.15) is 0 Å². The van der Waals surface area contributed by atoms with Gasteiger partial charge in [0, 0.05) is 28.6 Å². The number of hydrogen-bond acceptors (Lipinski definition) is 3. The Hall–Kier alpha value is -6.97. The second-order valence-corrected chi connectivity index (χ2v) is 15.3. The van der Waals surface area contributed by atoms with Crippen LogP contribution >= 0.6 is 0 Å². The number of benzene rings is 7. The van der Waals surface area contributed by atoms with Crippen LogP contribution in [0.1, 0.15) is 39.1 Å². The van der Waals surface area contributed by atoms with Gasteiger partial charge in [-0.1, -0.05) is 152 Å². The van der Waals surface area contributed by atoms with Crippen LogP contribution in [0.25, 0.3) is 78.1 Å². The van der Waals surface area contributed by atoms with Crippen LogP contribution in [0.2, 0.25) is 0 Å². The Morgan fingerprint density at radius 2 is 1.07 bits per heavy atom. The van der Waals surface area contributed by atoms with E-state index < -0.39 is 5.41 Å². The fourth-order valence-electron chi connectivity index (χ4n) is 9.68. The summed E-state index contributed by atoms with van der Waals surface area (Å²) < 4.78 is 0. The van der Waals surface area contributed by atoms with Gasteiger partial charge in [-0.25, -0.2) is 9.97 Å². The monoisotopic (exact) mass is 715 g/mol. The van der Waals surface area contributed by atoms with Crippen LogP contribution in [0.4, 0.5) is 0 Å². The Morgan fingerprint density at radius 3 is 1.91 bits per heavy atom. The number of hydrogen-bond donors (Lipinski definition) is 0. The third-order valence-electron chi connectivity index (χ3n) is 12.0. The molecule has 264 valence electrons. The number of pyridine rings is 1. The lowest BCUT2D eigenvalue weighted by Gasteiger charge is -2.30. The van der Waals surface area contributed by atoms with Gasteiger partial charge in [-0.05, 0) is 110 Å². The molecule has 9 aromatic rings. The van der Waals surface area contributed by atoms with E-state index in [9.17, 15) is 0 Å².